The number of rotatable bonds is 20. The number of aliphatic hydroxyl groups is 6. The molecule has 2 unspecified atom stereocenters. The third-order valence-corrected chi connectivity index (χ3v) is 20.6. The van der Waals surface area contributed by atoms with Crippen molar-refractivity contribution in [2.45, 2.75) is 133 Å². The summed E-state index contributed by atoms with van der Waals surface area (Å²) < 4.78 is 67.9. The van der Waals surface area contributed by atoms with Gasteiger partial charge in [0.15, 0.2) is 44.0 Å². The number of hydrogen-bond donors (Lipinski definition) is 14. The number of aromatic nitrogens is 8. The summed E-state index contributed by atoms with van der Waals surface area (Å²) in [6.07, 6.45) is -10.6. The highest BCUT2D eigenvalue weighted by atomic mass is 35.5. The first-order chi connectivity index (χ1) is 45.5. The number of nitrogens with one attached hydrogen (secondary N) is 2. The second kappa shape index (κ2) is 34.2. The molecule has 4 fully saturated rings. The Bertz CT molecular complexity index is 3930. The van der Waals surface area contributed by atoms with E-state index in [0.717, 1.165) is 24.5 Å². The van der Waals surface area contributed by atoms with Gasteiger partial charge in [0.25, 0.3) is 0 Å². The van der Waals surface area contributed by atoms with Gasteiger partial charge in [0.1, 0.15) is 66.0 Å². The maximum Gasteiger partial charge on any atom is 0.490 e. The van der Waals surface area contributed by atoms with Gasteiger partial charge >= 0.3 is 52.2 Å². The Morgan fingerprint density at radius 3 is 1.15 bits per heavy atom. The first-order valence-electron chi connectivity index (χ1n) is 28.0. The van der Waals surface area contributed by atoms with Crippen molar-refractivity contribution in [2.75, 3.05) is 48.5 Å². The van der Waals surface area contributed by atoms with E-state index in [1.54, 1.807) is 41.5 Å². The van der Waals surface area contributed by atoms with Crippen LogP contribution in [0.4, 0.5) is 23.3 Å². The Morgan fingerprint density at radius 2 is 0.838 bits per heavy atom. The number of nitrogens with zero attached hydrogens (tertiary/aromatic N) is 8. The highest BCUT2D eigenvalue weighted by Crippen LogP contribution is 2.66. The lowest BCUT2D eigenvalue weighted by molar-refractivity contribution is -0.157. The molecule has 99 heavy (non-hydrogen) atoms. The van der Waals surface area contributed by atoms with Gasteiger partial charge in [-0.15, -0.1) is 0 Å². The van der Waals surface area contributed by atoms with Gasteiger partial charge in [-0.25, -0.2) is 32.9 Å². The molecule has 0 aromatic carbocycles. The predicted molar refractivity (Wildman–Crippen MR) is 347 cm³/mol. The zero-order valence-corrected chi connectivity index (χ0v) is 60.3. The van der Waals surface area contributed by atoms with Crippen LogP contribution in [0.2, 0.25) is 0 Å². The van der Waals surface area contributed by atoms with Gasteiger partial charge in [0, 0.05) is 36.6 Å². The van der Waals surface area contributed by atoms with Crippen LogP contribution in [-0.2, 0) is 64.9 Å². The van der Waals surface area contributed by atoms with E-state index in [1.165, 1.54) is 42.9 Å². The lowest BCUT2D eigenvalue weighted by atomic mass is 10.1. The minimum absolute atomic E-state index is 0.0447. The van der Waals surface area contributed by atoms with E-state index in [1.807, 2.05) is 0 Å². The van der Waals surface area contributed by atoms with E-state index in [-0.39, 0.29) is 46.9 Å². The summed E-state index contributed by atoms with van der Waals surface area (Å²) in [7, 11) is -16.8. The van der Waals surface area contributed by atoms with Crippen molar-refractivity contribution in [2.24, 2.45) is 17.8 Å². The molecule has 0 saturated carbocycles. The number of nitrogen functional groups attached to an aromatic ring is 2. The summed E-state index contributed by atoms with van der Waals surface area (Å²) in [5, 5.41) is 62.6. The Hall–Kier alpha value is -4.14. The molecule has 16 N–H and O–H groups in total. The number of aliphatic hydroxyl groups excluding tert-OH is 6. The summed E-state index contributed by atoms with van der Waals surface area (Å²) >= 11 is 48.8. The van der Waals surface area contributed by atoms with E-state index < -0.39 is 176 Å². The smallest absolute Gasteiger partial charge is 0.456 e. The van der Waals surface area contributed by atoms with Crippen LogP contribution >= 0.6 is 116 Å². The van der Waals surface area contributed by atoms with Crippen LogP contribution in [-0.4, -0.2) is 199 Å². The summed E-state index contributed by atoms with van der Waals surface area (Å²) in [6.45, 7) is 7.51. The van der Waals surface area contributed by atoms with E-state index in [0.29, 0.717) is 0 Å². The summed E-state index contributed by atoms with van der Waals surface area (Å²) in [5.74, 6) is -2.11. The largest absolute Gasteiger partial charge is 0.490 e. The summed E-state index contributed by atoms with van der Waals surface area (Å²) in [4.78, 5) is 133. The van der Waals surface area contributed by atoms with Crippen LogP contribution in [0.5, 0.6) is 0 Å². The second-order valence-electron chi connectivity index (χ2n) is 22.0. The molecule has 8 heterocycles. The fourth-order valence-electron chi connectivity index (χ4n) is 8.41. The van der Waals surface area contributed by atoms with E-state index in [9.17, 15) is 72.6 Å². The molecule has 4 saturated heterocycles. The van der Waals surface area contributed by atoms with Crippen molar-refractivity contribution < 1.29 is 115 Å². The van der Waals surface area contributed by atoms with Crippen LogP contribution in [0.15, 0.2) is 68.2 Å². The van der Waals surface area contributed by atoms with E-state index in [4.69, 9.17) is 153 Å². The van der Waals surface area contributed by atoms with E-state index >= 15 is 0 Å². The van der Waals surface area contributed by atoms with Crippen molar-refractivity contribution in [3.05, 3.63) is 91.0 Å². The van der Waals surface area contributed by atoms with Crippen LogP contribution in [0.1, 0.15) is 66.5 Å². The summed E-state index contributed by atoms with van der Waals surface area (Å²) in [5.41, 5.74) is 7.49. The number of anilines is 4. The number of carbonyl (C=O) groups is 3. The van der Waals surface area contributed by atoms with Gasteiger partial charge in [-0.2, -0.15) is 28.6 Å². The molecular formula is C48H65Cl8N12O28P3. The van der Waals surface area contributed by atoms with Crippen molar-refractivity contribution >= 4 is 157 Å². The Labute approximate surface area is 597 Å². The molecule has 0 aliphatic carbocycles. The first kappa shape index (κ1) is 85.5. The molecule has 4 aliphatic rings. The third-order valence-electron chi connectivity index (χ3n) is 13.5. The number of alkyl halides is 8. The molecule has 40 nitrogen and oxygen atoms in total. The number of esters is 1. The fraction of sp³-hybridized carbons (Fsp3) is 0.604. The topological polar surface area (TPSA) is 594 Å². The molecule has 0 bridgehead atoms. The van der Waals surface area contributed by atoms with Gasteiger partial charge < -0.3 is 96.0 Å². The maximum absolute atomic E-state index is 12.4. The molecule has 8 rings (SSSR count). The van der Waals surface area contributed by atoms with Crippen LogP contribution in [0.25, 0.3) is 0 Å². The molecule has 0 spiro atoms. The minimum Gasteiger partial charge on any atom is -0.456 e. The standard InChI is InChI=1S/C17H23Cl2N3O6.C13H17Cl2N3O5.C9H14Cl2N3O13P3.C9H11Cl2N3O4/c1-8(2)13(24)20-11-5-6-22(16(26)21-11)15-17(18,19)12(10(7-23)27-15)28-14(25)9(3)4;1-6(2)10(21)16-8-3-4-18(12(22)17-8)11-13(14,15)9(20)7(5-19)23-11;10-9(11)6(15)4(25-7(9)14-2-1-5(12)13-8(14)16)3-24-29(20,21)27-30(22,23)26-28(17,18)19;10-9(11)6(16)4(3-15)18-7(9)14-2-1-5(12)13-8(14)17/h5-6,8-10,12,15,23H,7H2,1-4H3,(H,20,21,24,26);3-4,6-7,9,11,19-20H,5H2,1-2H3,(H,16,17,21,22);1-2,4,6-7,15H,3H2,(H,20,21)(H,22,23)(H2,12,13,16)(H2,17,18,19);1-2,4,6-7,15-16H,3H2,(H2,12,13,17)/t10-,12-,15-;7-,9-,11-;2*4-,6-,7-/m1111/s1. The molecular weight excluding hydrogens is 1570 g/mol. The zero-order chi connectivity index (χ0) is 75.2. The SMILES string of the molecule is CC(C)C(=O)Nc1ccn([C@@H]2O[C@H](CO)[C@@H](O)C2(Cl)Cl)c(=O)n1.CC(C)C(=O)Nc1ccn([C@@H]2O[C@H](CO)[C@@H](OC(=O)C(C)C)C2(Cl)Cl)c(=O)n1.Nc1ccn([C@@H]2O[C@H](CO)[C@@H](O)C2(Cl)Cl)c(=O)n1.Nc1ccn([C@@H]2O[C@H](COP(=O)(O)OP(=O)(O)OP(=O)(O)O)[C@@H](O)C2(Cl)Cl)c(=O)n1. The Balaban J connectivity index is 0.000000242. The first-order valence-corrected chi connectivity index (χ1v) is 35.5. The van der Waals surface area contributed by atoms with Gasteiger partial charge in [0.05, 0.1) is 32.3 Å². The summed E-state index contributed by atoms with van der Waals surface area (Å²) in [6, 6.07) is 5.33. The van der Waals surface area contributed by atoms with Crippen molar-refractivity contribution in [3.63, 3.8) is 0 Å². The lowest BCUT2D eigenvalue weighted by Gasteiger charge is -2.27. The number of phosphoric ester groups is 1. The van der Waals surface area contributed by atoms with Gasteiger partial charge in [-0.3, -0.25) is 37.2 Å². The lowest BCUT2D eigenvalue weighted by Crippen LogP contribution is -2.43. The number of ether oxygens (including phenoxy) is 5. The number of nitrogens with two attached hydrogens (primary N) is 2. The highest BCUT2D eigenvalue weighted by Gasteiger charge is 2.60. The van der Waals surface area contributed by atoms with Gasteiger partial charge in [-0.1, -0.05) is 134 Å². The molecule has 4 aliphatic heterocycles. The van der Waals surface area contributed by atoms with Crippen LogP contribution in [0.3, 0.4) is 0 Å². The molecule has 0 radical (unpaired) electrons. The molecule has 2 amide bonds. The number of carbonyl (C=O) groups excluding carboxylic acids is 3. The van der Waals surface area contributed by atoms with Crippen molar-refractivity contribution in [3.8, 4) is 0 Å². The zero-order valence-electron chi connectivity index (χ0n) is 51.5. The second-order valence-corrected chi connectivity index (χ2v) is 32.2. The van der Waals surface area contributed by atoms with Gasteiger partial charge in [0.2, 0.25) is 16.1 Å². The molecule has 556 valence electrons. The normalized spacial score (nSPS) is 26.9. The quantitative estimate of drug-likeness (QED) is 0.0327. The van der Waals surface area contributed by atoms with Gasteiger partial charge in [-0.05, 0) is 24.3 Å². The average Bonchev–Trinajstić information content (AvgIpc) is 1.65. The van der Waals surface area contributed by atoms with Crippen LogP contribution < -0.4 is 44.9 Å². The molecule has 4 aromatic heterocycles. The molecule has 51 heteroatoms. The fourth-order valence-corrected chi connectivity index (χ4v) is 13.9. The number of halogens is 8. The number of phosphoric acid groups is 3. The average molecular weight is 1630 g/mol. The van der Waals surface area contributed by atoms with Crippen LogP contribution in [0, 0.1) is 17.8 Å². The molecule has 4 aromatic rings. The van der Waals surface area contributed by atoms with Crippen molar-refractivity contribution in [1.82, 2.24) is 38.2 Å². The highest BCUT2D eigenvalue weighted by molar-refractivity contribution is 7.66. The van der Waals surface area contributed by atoms with Crippen molar-refractivity contribution in [1.29, 1.82) is 0 Å². The van der Waals surface area contributed by atoms with E-state index in [2.05, 4.69) is 43.7 Å². The predicted octanol–water partition coefficient (Wildman–Crippen LogP) is 0.583. The number of amides is 2. The monoisotopic (exact) mass is 1630 g/mol. The maximum atomic E-state index is 12.4. The Kier molecular flexibility index (Phi) is 29.5. The third kappa shape index (κ3) is 21.5. The minimum atomic E-state index is -5.73. The number of hydrogen-bond acceptors (Lipinski definition) is 30. The molecule has 14 atom stereocenters. The Morgan fingerprint density at radius 1 is 0.515 bits per heavy atom.